The van der Waals surface area contributed by atoms with E-state index < -0.39 is 6.17 Å². The van der Waals surface area contributed by atoms with Gasteiger partial charge in [-0.3, -0.25) is 4.79 Å². The van der Waals surface area contributed by atoms with Crippen LogP contribution < -0.4 is 0 Å². The van der Waals surface area contributed by atoms with Crippen molar-refractivity contribution in [1.82, 2.24) is 4.90 Å². The molecule has 0 fully saturated rings. The van der Waals surface area contributed by atoms with E-state index in [9.17, 15) is 9.18 Å². The fraction of sp³-hybridized carbons (Fsp3) is 0.933. The predicted molar refractivity (Wildman–Crippen MR) is 75.4 cm³/mol. The summed E-state index contributed by atoms with van der Waals surface area (Å²) in [5, 5.41) is 0. The second-order valence-electron chi connectivity index (χ2n) is 5.01. The predicted octanol–water partition coefficient (Wildman–Crippen LogP) is 4.33. The molecule has 0 aromatic heterocycles. The molecular weight excluding hydrogens is 229 g/mol. The number of hydrogen-bond donors (Lipinski definition) is 0. The Morgan fingerprint density at radius 3 is 2.00 bits per heavy atom. The van der Waals surface area contributed by atoms with E-state index in [2.05, 4.69) is 0 Å². The highest BCUT2D eigenvalue weighted by Crippen LogP contribution is 2.11. The first-order valence-electron chi connectivity index (χ1n) is 7.53. The molecule has 3 heteroatoms. The topological polar surface area (TPSA) is 20.3 Å². The minimum absolute atomic E-state index is 0.284. The first kappa shape index (κ1) is 17.4. The van der Waals surface area contributed by atoms with Gasteiger partial charge in [0.05, 0.1) is 6.17 Å². The minimum Gasteiger partial charge on any atom is -0.343 e. The molecule has 0 aliphatic carbocycles. The summed E-state index contributed by atoms with van der Waals surface area (Å²) < 4.78 is 12.5. The van der Waals surface area contributed by atoms with Crippen molar-refractivity contribution in [2.24, 2.45) is 0 Å². The smallest absolute Gasteiger partial charge is 0.222 e. The zero-order valence-corrected chi connectivity index (χ0v) is 12.4. The van der Waals surface area contributed by atoms with Crippen molar-refractivity contribution in [2.45, 2.75) is 78.3 Å². The summed E-state index contributed by atoms with van der Waals surface area (Å²) in [5.74, 6) is 0.284. The maximum Gasteiger partial charge on any atom is 0.222 e. The molecule has 0 bridgehead atoms. The van der Waals surface area contributed by atoms with E-state index in [1.54, 1.807) is 6.92 Å². The number of carbonyl (C=O) groups excluding carboxylic acids is 1. The van der Waals surface area contributed by atoms with E-state index in [-0.39, 0.29) is 5.91 Å². The molecule has 2 nitrogen and oxygen atoms in total. The third-order valence-electron chi connectivity index (χ3n) is 3.36. The van der Waals surface area contributed by atoms with E-state index >= 15 is 0 Å². The molecule has 1 amide bonds. The van der Waals surface area contributed by atoms with E-state index in [1.807, 2.05) is 18.7 Å². The molecule has 18 heavy (non-hydrogen) atoms. The highest BCUT2D eigenvalue weighted by Gasteiger charge is 2.08. The monoisotopic (exact) mass is 259 g/mol. The van der Waals surface area contributed by atoms with Crippen LogP contribution in [0.3, 0.4) is 0 Å². The number of nitrogens with zero attached hydrogens (tertiary/aromatic N) is 1. The van der Waals surface area contributed by atoms with Crippen LogP contribution in [0.1, 0.15) is 72.1 Å². The third-order valence-corrected chi connectivity index (χ3v) is 3.36. The number of amides is 1. The van der Waals surface area contributed by atoms with Gasteiger partial charge < -0.3 is 4.90 Å². The lowest BCUT2D eigenvalue weighted by Gasteiger charge is -2.18. The van der Waals surface area contributed by atoms with Crippen molar-refractivity contribution < 1.29 is 9.18 Å². The standard InChI is InChI=1S/C15H30FNO/c1-4-17(5-2)15(18)13-11-9-7-6-8-10-12-14(3)16/h14H,4-13H2,1-3H3. The molecule has 0 radical (unpaired) electrons. The quantitative estimate of drug-likeness (QED) is 0.506. The summed E-state index contributed by atoms with van der Waals surface area (Å²) in [6.45, 7) is 7.30. The van der Waals surface area contributed by atoms with Crippen LogP contribution in [0.25, 0.3) is 0 Å². The molecule has 0 N–H and O–H groups in total. The van der Waals surface area contributed by atoms with E-state index in [1.165, 1.54) is 12.8 Å². The average molecular weight is 259 g/mol. The number of unbranched alkanes of at least 4 members (excludes halogenated alkanes) is 5. The first-order chi connectivity index (χ1) is 8.61. The molecule has 0 aromatic rings. The van der Waals surface area contributed by atoms with Crippen molar-refractivity contribution in [3.8, 4) is 0 Å². The molecule has 0 saturated heterocycles. The van der Waals surface area contributed by atoms with Crippen LogP contribution in [0.15, 0.2) is 0 Å². The Kier molecular flexibility index (Phi) is 11.1. The van der Waals surface area contributed by atoms with Crippen LogP contribution in [0.4, 0.5) is 4.39 Å². The molecule has 1 atom stereocenters. The van der Waals surface area contributed by atoms with Gasteiger partial charge in [-0.2, -0.15) is 0 Å². The first-order valence-corrected chi connectivity index (χ1v) is 7.53. The summed E-state index contributed by atoms with van der Waals surface area (Å²) in [7, 11) is 0. The van der Waals surface area contributed by atoms with Gasteiger partial charge in [0, 0.05) is 19.5 Å². The second-order valence-corrected chi connectivity index (χ2v) is 5.01. The highest BCUT2D eigenvalue weighted by molar-refractivity contribution is 5.75. The largest absolute Gasteiger partial charge is 0.343 e. The van der Waals surface area contributed by atoms with Gasteiger partial charge in [-0.05, 0) is 33.6 Å². The summed E-state index contributed by atoms with van der Waals surface area (Å²) in [6, 6.07) is 0. The second kappa shape index (κ2) is 11.5. The van der Waals surface area contributed by atoms with Crippen LogP contribution in [-0.2, 0) is 4.79 Å². The number of alkyl halides is 1. The van der Waals surface area contributed by atoms with Crippen LogP contribution in [0.2, 0.25) is 0 Å². The van der Waals surface area contributed by atoms with Crippen molar-refractivity contribution in [3.05, 3.63) is 0 Å². The number of hydrogen-bond acceptors (Lipinski definition) is 1. The number of carbonyl (C=O) groups is 1. The molecule has 0 spiro atoms. The molecule has 0 heterocycles. The number of rotatable bonds is 11. The summed E-state index contributed by atoms with van der Waals surface area (Å²) in [4.78, 5) is 13.6. The van der Waals surface area contributed by atoms with Crippen molar-refractivity contribution in [2.75, 3.05) is 13.1 Å². The zero-order chi connectivity index (χ0) is 13.8. The Balaban J connectivity index is 3.32. The molecule has 0 rings (SSSR count). The Morgan fingerprint density at radius 2 is 1.50 bits per heavy atom. The van der Waals surface area contributed by atoms with E-state index in [0.717, 1.165) is 38.8 Å². The van der Waals surface area contributed by atoms with Gasteiger partial charge in [0.1, 0.15) is 0 Å². The maximum absolute atomic E-state index is 12.5. The summed E-state index contributed by atoms with van der Waals surface area (Å²) in [6.07, 6.45) is 7.31. The van der Waals surface area contributed by atoms with Crippen molar-refractivity contribution >= 4 is 5.91 Å². The SMILES string of the molecule is CCN(CC)C(=O)CCCCCCCCC(C)F. The van der Waals surface area contributed by atoms with E-state index in [4.69, 9.17) is 0 Å². The molecule has 0 aliphatic rings. The Hall–Kier alpha value is -0.600. The van der Waals surface area contributed by atoms with Gasteiger partial charge in [0.15, 0.2) is 0 Å². The summed E-state index contributed by atoms with van der Waals surface area (Å²) >= 11 is 0. The van der Waals surface area contributed by atoms with Crippen molar-refractivity contribution in [3.63, 3.8) is 0 Å². The Morgan fingerprint density at radius 1 is 1.00 bits per heavy atom. The van der Waals surface area contributed by atoms with Crippen LogP contribution in [-0.4, -0.2) is 30.1 Å². The molecule has 1 unspecified atom stereocenters. The molecule has 108 valence electrons. The summed E-state index contributed by atoms with van der Waals surface area (Å²) in [5.41, 5.74) is 0. The van der Waals surface area contributed by atoms with Gasteiger partial charge in [0.25, 0.3) is 0 Å². The molecule has 0 aliphatic heterocycles. The fourth-order valence-corrected chi connectivity index (χ4v) is 2.14. The van der Waals surface area contributed by atoms with Crippen LogP contribution >= 0.6 is 0 Å². The average Bonchev–Trinajstić information content (AvgIpc) is 2.33. The van der Waals surface area contributed by atoms with Gasteiger partial charge in [-0.25, -0.2) is 4.39 Å². The van der Waals surface area contributed by atoms with Gasteiger partial charge in [0.2, 0.25) is 5.91 Å². The lowest BCUT2D eigenvalue weighted by atomic mass is 10.1. The van der Waals surface area contributed by atoms with Gasteiger partial charge in [-0.1, -0.05) is 32.1 Å². The molecular formula is C15H30FNO. The minimum atomic E-state index is -0.656. The zero-order valence-electron chi connectivity index (χ0n) is 12.4. The molecule has 0 aromatic carbocycles. The van der Waals surface area contributed by atoms with Crippen LogP contribution in [0.5, 0.6) is 0 Å². The maximum atomic E-state index is 12.5. The van der Waals surface area contributed by atoms with Gasteiger partial charge >= 0.3 is 0 Å². The molecule has 0 saturated carbocycles. The normalized spacial score (nSPS) is 12.4. The Labute approximate surface area is 112 Å². The van der Waals surface area contributed by atoms with Gasteiger partial charge in [-0.15, -0.1) is 0 Å². The van der Waals surface area contributed by atoms with Crippen molar-refractivity contribution in [1.29, 1.82) is 0 Å². The lowest BCUT2D eigenvalue weighted by molar-refractivity contribution is -0.130. The number of halogens is 1. The van der Waals surface area contributed by atoms with E-state index in [0.29, 0.717) is 12.8 Å². The van der Waals surface area contributed by atoms with Crippen LogP contribution in [0, 0.1) is 0 Å². The highest BCUT2D eigenvalue weighted by atomic mass is 19.1. The third kappa shape index (κ3) is 9.43. The Bertz CT molecular complexity index is 203. The fourth-order valence-electron chi connectivity index (χ4n) is 2.14. The lowest BCUT2D eigenvalue weighted by Crippen LogP contribution is -2.30.